The van der Waals surface area contributed by atoms with Crippen molar-refractivity contribution in [3.05, 3.63) is 155 Å². The molecular formula is C41H31NS2. The van der Waals surface area contributed by atoms with Gasteiger partial charge in [0.05, 0.1) is 22.1 Å². The second-order valence-corrected chi connectivity index (χ2v) is 13.7. The van der Waals surface area contributed by atoms with Gasteiger partial charge < -0.3 is 4.57 Å². The molecule has 0 amide bonds. The third-order valence-electron chi connectivity index (χ3n) is 9.71. The number of benzene rings is 6. The van der Waals surface area contributed by atoms with Gasteiger partial charge in [-0.25, -0.2) is 0 Å². The van der Waals surface area contributed by atoms with E-state index in [-0.39, 0.29) is 0 Å². The van der Waals surface area contributed by atoms with Gasteiger partial charge in [0, 0.05) is 35.8 Å². The van der Waals surface area contributed by atoms with Crippen LogP contribution in [0.4, 0.5) is 0 Å². The minimum atomic E-state index is -0.491. The molecule has 0 spiro atoms. The first-order chi connectivity index (χ1) is 21.8. The first-order valence-corrected chi connectivity index (χ1v) is 17.5. The second-order valence-electron chi connectivity index (χ2n) is 11.8. The number of hydrogen-bond donors (Lipinski definition) is 0. The number of fused-ring (bicyclic) bond motifs is 8. The predicted molar refractivity (Wildman–Crippen MR) is 191 cm³/mol. The number of aromatic nitrogens is 1. The minimum absolute atomic E-state index is 0.491. The van der Waals surface area contributed by atoms with E-state index in [1.54, 1.807) is 0 Å². The summed E-state index contributed by atoms with van der Waals surface area (Å²) in [5, 5.41) is 5.36. The zero-order valence-electron chi connectivity index (χ0n) is 24.8. The summed E-state index contributed by atoms with van der Waals surface area (Å²) < 4.78 is 5.33. The lowest BCUT2D eigenvalue weighted by Gasteiger charge is -2.43. The Morgan fingerprint density at radius 3 is 2.18 bits per heavy atom. The van der Waals surface area contributed by atoms with Crippen LogP contribution in [-0.2, 0) is 11.8 Å². The number of thioether (sulfide) groups is 1. The molecule has 212 valence electrons. The van der Waals surface area contributed by atoms with Gasteiger partial charge in [0.2, 0.25) is 0 Å². The molecule has 6 aromatic carbocycles. The SMILES string of the molecule is CCCc1c(C2(c3ccccc3SC)c3ccccc3-n3c4ccccc4c4cccc2c43)ccc2c1sc1ccccc12. The third-order valence-corrected chi connectivity index (χ3v) is 11.8. The van der Waals surface area contributed by atoms with Crippen molar-refractivity contribution in [1.82, 2.24) is 4.57 Å². The van der Waals surface area contributed by atoms with E-state index < -0.39 is 5.41 Å². The van der Waals surface area contributed by atoms with Gasteiger partial charge in [0.25, 0.3) is 0 Å². The van der Waals surface area contributed by atoms with Crippen molar-refractivity contribution in [2.24, 2.45) is 0 Å². The monoisotopic (exact) mass is 601 g/mol. The lowest BCUT2D eigenvalue weighted by Crippen LogP contribution is -2.37. The first-order valence-electron chi connectivity index (χ1n) is 15.5. The van der Waals surface area contributed by atoms with E-state index in [0.29, 0.717) is 0 Å². The molecule has 1 aliphatic rings. The van der Waals surface area contributed by atoms with Crippen LogP contribution < -0.4 is 0 Å². The summed E-state index contributed by atoms with van der Waals surface area (Å²) in [6.07, 6.45) is 4.34. The van der Waals surface area contributed by atoms with E-state index in [0.717, 1.165) is 12.8 Å². The molecule has 3 heteroatoms. The van der Waals surface area contributed by atoms with Crippen molar-refractivity contribution in [2.75, 3.05) is 6.26 Å². The molecule has 1 unspecified atom stereocenters. The van der Waals surface area contributed by atoms with Crippen LogP contribution in [0.25, 0.3) is 47.7 Å². The molecule has 0 saturated heterocycles. The Hall–Kier alpha value is -4.31. The Morgan fingerprint density at radius 1 is 0.614 bits per heavy atom. The van der Waals surface area contributed by atoms with Gasteiger partial charge in [-0.3, -0.25) is 0 Å². The van der Waals surface area contributed by atoms with Crippen LogP contribution in [0, 0.1) is 0 Å². The zero-order valence-corrected chi connectivity index (χ0v) is 26.4. The van der Waals surface area contributed by atoms with Crippen molar-refractivity contribution in [3.63, 3.8) is 0 Å². The van der Waals surface area contributed by atoms with Gasteiger partial charge in [-0.05, 0) is 64.8 Å². The van der Waals surface area contributed by atoms with E-state index in [2.05, 4.69) is 145 Å². The molecule has 0 aliphatic carbocycles. The third kappa shape index (κ3) is 3.32. The average molecular weight is 602 g/mol. The van der Waals surface area contributed by atoms with Crippen LogP contribution in [0.1, 0.15) is 41.2 Å². The molecule has 1 nitrogen and oxygen atoms in total. The fourth-order valence-corrected chi connectivity index (χ4v) is 10.0. The highest BCUT2D eigenvalue weighted by molar-refractivity contribution is 7.98. The number of hydrogen-bond acceptors (Lipinski definition) is 2. The smallest absolute Gasteiger partial charge is 0.0756 e. The lowest BCUT2D eigenvalue weighted by atomic mass is 9.61. The van der Waals surface area contributed by atoms with Crippen LogP contribution in [0.15, 0.2) is 132 Å². The highest BCUT2D eigenvalue weighted by Gasteiger charge is 2.47. The van der Waals surface area contributed by atoms with Crippen molar-refractivity contribution in [3.8, 4) is 5.69 Å². The average Bonchev–Trinajstić information content (AvgIpc) is 3.63. The summed E-state index contributed by atoms with van der Waals surface area (Å²) >= 11 is 3.82. The van der Waals surface area contributed by atoms with Gasteiger partial charge in [-0.1, -0.05) is 116 Å². The van der Waals surface area contributed by atoms with Crippen molar-refractivity contribution in [1.29, 1.82) is 0 Å². The predicted octanol–water partition coefficient (Wildman–Crippen LogP) is 11.5. The molecule has 44 heavy (non-hydrogen) atoms. The Labute approximate surface area is 265 Å². The Morgan fingerprint density at radius 2 is 1.32 bits per heavy atom. The molecule has 1 atom stereocenters. The highest BCUT2D eigenvalue weighted by Crippen LogP contribution is 2.57. The number of thiophene rings is 1. The summed E-state index contributed by atoms with van der Waals surface area (Å²) in [5.74, 6) is 0. The van der Waals surface area contributed by atoms with Crippen LogP contribution in [-0.4, -0.2) is 10.8 Å². The molecule has 9 rings (SSSR count). The molecule has 0 saturated carbocycles. The molecule has 0 N–H and O–H groups in total. The summed E-state index contributed by atoms with van der Waals surface area (Å²) in [4.78, 5) is 1.32. The second kappa shape index (κ2) is 9.85. The minimum Gasteiger partial charge on any atom is -0.309 e. The van der Waals surface area contributed by atoms with Gasteiger partial charge >= 0.3 is 0 Å². The number of nitrogens with zero attached hydrogens (tertiary/aromatic N) is 1. The normalized spacial score (nSPS) is 15.9. The maximum atomic E-state index is 2.53. The Bertz CT molecular complexity index is 2410. The maximum Gasteiger partial charge on any atom is 0.0756 e. The van der Waals surface area contributed by atoms with Crippen LogP contribution in [0.3, 0.4) is 0 Å². The molecule has 3 heterocycles. The topological polar surface area (TPSA) is 4.93 Å². The number of rotatable bonds is 5. The Balaban J connectivity index is 1.55. The van der Waals surface area contributed by atoms with Crippen LogP contribution in [0.2, 0.25) is 0 Å². The molecular weight excluding hydrogens is 571 g/mol. The molecule has 1 aliphatic heterocycles. The molecule has 8 aromatic rings. The van der Waals surface area contributed by atoms with Gasteiger partial charge in [-0.15, -0.1) is 23.1 Å². The van der Waals surface area contributed by atoms with E-state index in [1.807, 2.05) is 23.1 Å². The van der Waals surface area contributed by atoms with Crippen LogP contribution >= 0.6 is 23.1 Å². The summed E-state index contributed by atoms with van der Waals surface area (Å²) in [5.41, 5.74) is 10.3. The van der Waals surface area contributed by atoms with E-state index >= 15 is 0 Å². The van der Waals surface area contributed by atoms with Gasteiger partial charge in [0.1, 0.15) is 0 Å². The van der Waals surface area contributed by atoms with Gasteiger partial charge in [-0.2, -0.15) is 0 Å². The first kappa shape index (κ1) is 26.1. The van der Waals surface area contributed by atoms with E-state index in [4.69, 9.17) is 0 Å². The van der Waals surface area contributed by atoms with Crippen molar-refractivity contribution >= 4 is 65.1 Å². The van der Waals surface area contributed by atoms with Gasteiger partial charge in [0.15, 0.2) is 0 Å². The summed E-state index contributed by atoms with van der Waals surface area (Å²) in [6, 6.07) is 48.1. The zero-order chi connectivity index (χ0) is 29.4. The Kier molecular flexibility index (Phi) is 5.85. The number of para-hydroxylation sites is 3. The molecule has 0 fully saturated rings. The molecule has 0 radical (unpaired) electrons. The molecule has 2 aromatic heterocycles. The van der Waals surface area contributed by atoms with E-state index in [9.17, 15) is 0 Å². The largest absolute Gasteiger partial charge is 0.309 e. The van der Waals surface area contributed by atoms with Crippen LogP contribution in [0.5, 0.6) is 0 Å². The summed E-state index contributed by atoms with van der Waals surface area (Å²) in [6.45, 7) is 2.33. The fourth-order valence-electron chi connectivity index (χ4n) is 8.08. The van der Waals surface area contributed by atoms with Crippen molar-refractivity contribution < 1.29 is 0 Å². The standard InChI is InChI=1S/C41H31NS2/c1-3-13-30-31(25-24-29-27-15-5-10-22-37(27)44-40(29)30)41(33-18-7-11-23-38(33)43-2)32-17-6-9-21-36(32)42-35-20-8-4-14-26(35)28-16-12-19-34(41)39(28)42/h4-12,14-25H,3,13H2,1-2H3. The highest BCUT2D eigenvalue weighted by atomic mass is 32.2. The van der Waals surface area contributed by atoms with E-state index in [1.165, 1.54) is 80.4 Å². The fraction of sp³-hybridized carbons (Fsp3) is 0.122. The lowest BCUT2D eigenvalue weighted by molar-refractivity contribution is 0.700. The van der Waals surface area contributed by atoms with Crippen molar-refractivity contribution in [2.45, 2.75) is 30.1 Å². The molecule has 0 bridgehead atoms. The number of aryl methyl sites for hydroxylation is 1. The quantitative estimate of drug-likeness (QED) is 0.178. The maximum absolute atomic E-state index is 2.53. The summed E-state index contributed by atoms with van der Waals surface area (Å²) in [7, 11) is 0.